The molecule has 26 heavy (non-hydrogen) atoms. The van der Waals surface area contributed by atoms with Gasteiger partial charge in [0.1, 0.15) is 0 Å². The molecular formula is C21H24BrNOS2. The smallest absolute Gasteiger partial charge is 0.0854 e. The second kappa shape index (κ2) is 8.34. The van der Waals surface area contributed by atoms with Crippen LogP contribution in [0, 0.1) is 12.8 Å². The molecule has 1 aromatic heterocycles. The van der Waals surface area contributed by atoms with Gasteiger partial charge in [0.2, 0.25) is 0 Å². The minimum Gasteiger partial charge on any atom is -0.388 e. The lowest BCUT2D eigenvalue weighted by Gasteiger charge is -2.29. The maximum atomic E-state index is 9.98. The van der Waals surface area contributed by atoms with E-state index in [-0.39, 0.29) is 6.10 Å². The SMILES string of the molecule is C=C(C)c1cc(-c2ccsc2)cc(NSC2C=C(Br)[C@H](O)CC2C)c1C. The zero-order valence-corrected chi connectivity index (χ0v) is 18.5. The number of hydrogen-bond acceptors (Lipinski definition) is 4. The third-order valence-electron chi connectivity index (χ3n) is 4.82. The van der Waals surface area contributed by atoms with E-state index in [9.17, 15) is 5.11 Å². The summed E-state index contributed by atoms with van der Waals surface area (Å²) in [5, 5.41) is 14.6. The van der Waals surface area contributed by atoms with Gasteiger partial charge in [0.25, 0.3) is 0 Å². The predicted octanol–water partition coefficient (Wildman–Crippen LogP) is 6.86. The molecule has 0 aliphatic heterocycles. The summed E-state index contributed by atoms with van der Waals surface area (Å²) in [4.78, 5) is 0. The summed E-state index contributed by atoms with van der Waals surface area (Å²) in [5.74, 6) is 0.407. The minimum absolute atomic E-state index is 0.310. The number of aliphatic hydroxyl groups is 1. The van der Waals surface area contributed by atoms with Gasteiger partial charge >= 0.3 is 0 Å². The van der Waals surface area contributed by atoms with Crippen molar-refractivity contribution in [2.45, 2.75) is 38.5 Å². The molecule has 0 saturated carbocycles. The fourth-order valence-electron chi connectivity index (χ4n) is 3.17. The summed E-state index contributed by atoms with van der Waals surface area (Å²) in [7, 11) is 0. The molecule has 3 atom stereocenters. The summed E-state index contributed by atoms with van der Waals surface area (Å²) in [6, 6.07) is 6.60. The molecule has 138 valence electrons. The van der Waals surface area contributed by atoms with Crippen molar-refractivity contribution in [1.29, 1.82) is 0 Å². The van der Waals surface area contributed by atoms with Gasteiger partial charge in [0.15, 0.2) is 0 Å². The summed E-state index contributed by atoms with van der Waals surface area (Å²) in [6.45, 7) is 10.5. The van der Waals surface area contributed by atoms with Crippen LogP contribution in [0.3, 0.4) is 0 Å². The average molecular weight is 450 g/mol. The van der Waals surface area contributed by atoms with Crippen LogP contribution in [0.4, 0.5) is 5.69 Å². The number of allylic oxidation sites excluding steroid dienone is 1. The Morgan fingerprint density at radius 3 is 2.81 bits per heavy atom. The molecule has 1 aliphatic rings. The first kappa shape index (κ1) is 19.7. The largest absolute Gasteiger partial charge is 0.388 e. The molecule has 1 aromatic carbocycles. The number of anilines is 1. The van der Waals surface area contributed by atoms with E-state index >= 15 is 0 Å². The fourth-order valence-corrected chi connectivity index (χ4v) is 5.52. The van der Waals surface area contributed by atoms with Crippen molar-refractivity contribution in [3.05, 3.63) is 57.2 Å². The lowest BCUT2D eigenvalue weighted by molar-refractivity contribution is 0.182. The highest BCUT2D eigenvalue weighted by molar-refractivity contribution is 9.11. The molecule has 0 spiro atoms. The average Bonchev–Trinajstić information content (AvgIpc) is 3.12. The molecule has 3 rings (SSSR count). The molecule has 2 aromatic rings. The van der Waals surface area contributed by atoms with Gasteiger partial charge in [-0.1, -0.05) is 41.1 Å². The van der Waals surface area contributed by atoms with E-state index in [1.165, 1.54) is 22.3 Å². The summed E-state index contributed by atoms with van der Waals surface area (Å²) < 4.78 is 4.47. The predicted molar refractivity (Wildman–Crippen MR) is 121 cm³/mol. The van der Waals surface area contributed by atoms with Gasteiger partial charge in [0.05, 0.1) is 6.10 Å². The molecule has 2 N–H and O–H groups in total. The van der Waals surface area contributed by atoms with Crippen molar-refractivity contribution in [2.24, 2.45) is 5.92 Å². The molecule has 0 amide bonds. The monoisotopic (exact) mass is 449 g/mol. The van der Waals surface area contributed by atoms with Crippen LogP contribution in [0.2, 0.25) is 0 Å². The molecule has 2 unspecified atom stereocenters. The quantitative estimate of drug-likeness (QED) is 0.488. The van der Waals surface area contributed by atoms with E-state index in [0.717, 1.165) is 22.2 Å². The number of hydrogen-bond donors (Lipinski definition) is 2. The van der Waals surface area contributed by atoms with Gasteiger partial charge in [0, 0.05) is 15.4 Å². The Bertz CT molecular complexity index is 829. The molecule has 1 aliphatic carbocycles. The van der Waals surface area contributed by atoms with Crippen LogP contribution in [0.15, 0.2) is 46.1 Å². The standard InChI is InChI=1S/C21H24BrNOS2/c1-12(2)17-8-16(15-5-6-25-11-15)9-19(14(17)4)23-26-21-10-18(22)20(24)7-13(21)3/h5-6,8-11,13,20-21,23-24H,1,7H2,2-4H3/t13?,20-,21?/m1/s1. The number of benzene rings is 1. The molecule has 0 fully saturated rings. The third-order valence-corrected chi connectivity index (χ3v) is 7.51. The van der Waals surface area contributed by atoms with E-state index in [2.05, 4.69) is 83.0 Å². The van der Waals surface area contributed by atoms with Crippen LogP contribution in [0.25, 0.3) is 16.7 Å². The zero-order valence-electron chi connectivity index (χ0n) is 15.3. The first-order valence-electron chi connectivity index (χ1n) is 8.67. The third kappa shape index (κ3) is 4.28. The number of nitrogens with one attached hydrogen (secondary N) is 1. The van der Waals surface area contributed by atoms with Crippen molar-refractivity contribution in [3.8, 4) is 11.1 Å². The van der Waals surface area contributed by atoms with Crippen LogP contribution in [-0.4, -0.2) is 16.5 Å². The second-order valence-corrected chi connectivity index (χ2v) is 9.63. The van der Waals surface area contributed by atoms with Gasteiger partial charge in [-0.3, -0.25) is 0 Å². The Morgan fingerprint density at radius 2 is 2.15 bits per heavy atom. The van der Waals surface area contributed by atoms with E-state index in [1.54, 1.807) is 23.3 Å². The number of aliphatic hydroxyl groups excluding tert-OH is 1. The lowest BCUT2D eigenvalue weighted by Crippen LogP contribution is -2.26. The number of thiophene rings is 1. The maximum absolute atomic E-state index is 9.98. The summed E-state index contributed by atoms with van der Waals surface area (Å²) in [6.07, 6.45) is 2.52. The summed E-state index contributed by atoms with van der Waals surface area (Å²) in [5.41, 5.74) is 7.06. The summed E-state index contributed by atoms with van der Waals surface area (Å²) >= 11 is 6.91. The van der Waals surface area contributed by atoms with Crippen LogP contribution in [0.1, 0.15) is 31.4 Å². The number of halogens is 1. The Hall–Kier alpha value is -1.01. The van der Waals surface area contributed by atoms with Crippen molar-refractivity contribution in [1.82, 2.24) is 0 Å². The lowest BCUT2D eigenvalue weighted by atomic mass is 9.94. The first-order valence-corrected chi connectivity index (χ1v) is 11.3. The molecule has 5 heteroatoms. The van der Waals surface area contributed by atoms with Crippen molar-refractivity contribution >= 4 is 50.5 Å². The van der Waals surface area contributed by atoms with Crippen molar-refractivity contribution < 1.29 is 5.11 Å². The second-order valence-electron chi connectivity index (χ2n) is 6.95. The zero-order chi connectivity index (χ0) is 18.8. The Morgan fingerprint density at radius 1 is 1.38 bits per heavy atom. The molecule has 0 saturated heterocycles. The Balaban J connectivity index is 1.88. The Kier molecular flexibility index (Phi) is 6.33. The van der Waals surface area contributed by atoms with Crippen molar-refractivity contribution in [3.63, 3.8) is 0 Å². The molecule has 0 radical (unpaired) electrons. The van der Waals surface area contributed by atoms with E-state index < -0.39 is 0 Å². The van der Waals surface area contributed by atoms with Crippen LogP contribution >= 0.6 is 39.2 Å². The highest BCUT2D eigenvalue weighted by atomic mass is 79.9. The fraction of sp³-hybridized carbons (Fsp3) is 0.333. The molecular weight excluding hydrogens is 426 g/mol. The van der Waals surface area contributed by atoms with Gasteiger partial charge in [-0.15, -0.1) is 0 Å². The highest BCUT2D eigenvalue weighted by Gasteiger charge is 2.27. The maximum Gasteiger partial charge on any atom is 0.0854 e. The van der Waals surface area contributed by atoms with E-state index in [4.69, 9.17) is 0 Å². The molecule has 1 heterocycles. The molecule has 2 nitrogen and oxygen atoms in total. The number of rotatable bonds is 5. The van der Waals surface area contributed by atoms with Crippen LogP contribution < -0.4 is 4.72 Å². The van der Waals surface area contributed by atoms with Crippen molar-refractivity contribution in [2.75, 3.05) is 4.72 Å². The van der Waals surface area contributed by atoms with Gasteiger partial charge in [-0.2, -0.15) is 11.3 Å². The highest BCUT2D eigenvalue weighted by Crippen LogP contribution is 2.38. The van der Waals surface area contributed by atoms with E-state index in [1.807, 2.05) is 0 Å². The normalized spacial score (nSPS) is 22.8. The topological polar surface area (TPSA) is 32.3 Å². The van der Waals surface area contributed by atoms with Gasteiger partial charge < -0.3 is 9.83 Å². The molecule has 0 bridgehead atoms. The Labute approximate surface area is 172 Å². The first-order chi connectivity index (χ1) is 12.4. The van der Waals surface area contributed by atoms with Gasteiger partial charge in [-0.25, -0.2) is 0 Å². The minimum atomic E-state index is -0.375. The van der Waals surface area contributed by atoms with Crippen LogP contribution in [0.5, 0.6) is 0 Å². The van der Waals surface area contributed by atoms with Gasteiger partial charge in [-0.05, 0) is 89.3 Å². The van der Waals surface area contributed by atoms with Crippen LogP contribution in [-0.2, 0) is 0 Å². The van der Waals surface area contributed by atoms with E-state index in [0.29, 0.717) is 11.2 Å².